The first-order valence-electron chi connectivity index (χ1n) is 5.99. The van der Waals surface area contributed by atoms with E-state index in [1.54, 1.807) is 26.1 Å². The molecule has 0 aromatic heterocycles. The minimum Gasteiger partial charge on any atom is -0.325 e. The van der Waals surface area contributed by atoms with Crippen LogP contribution in [0.4, 0.5) is 0 Å². The number of nitrogens with zero attached hydrogens (tertiary/aromatic N) is 3. The summed E-state index contributed by atoms with van der Waals surface area (Å²) in [6, 6.07) is 3.23. The molecule has 2 aliphatic heterocycles. The van der Waals surface area contributed by atoms with Crippen molar-refractivity contribution in [3.05, 3.63) is 44.1 Å². The standard InChI is InChI=1S/C13H9ClN4O3/c1-5-3-7-8(4-6(5)10(14)19)18(2)11-9(15-7)12(20)17-13(21)16-11/h3-4H,1-2H3,(H,17,20,21). The zero-order valence-corrected chi connectivity index (χ0v) is 11.9. The van der Waals surface area contributed by atoms with Gasteiger partial charge in [0.25, 0.3) is 10.8 Å². The molecule has 1 aromatic carbocycles. The van der Waals surface area contributed by atoms with Gasteiger partial charge < -0.3 is 4.57 Å². The van der Waals surface area contributed by atoms with Gasteiger partial charge >= 0.3 is 5.69 Å². The van der Waals surface area contributed by atoms with E-state index < -0.39 is 16.5 Å². The smallest absolute Gasteiger partial charge is 0.325 e. The maximum atomic E-state index is 11.8. The third-order valence-corrected chi connectivity index (χ3v) is 3.50. The molecular weight excluding hydrogens is 296 g/mol. The van der Waals surface area contributed by atoms with Crippen LogP contribution in [0.5, 0.6) is 0 Å². The summed E-state index contributed by atoms with van der Waals surface area (Å²) in [4.78, 5) is 44.6. The molecule has 21 heavy (non-hydrogen) atoms. The van der Waals surface area contributed by atoms with Crippen LogP contribution in [0.3, 0.4) is 0 Å². The third-order valence-electron chi connectivity index (χ3n) is 3.30. The second-order valence-corrected chi connectivity index (χ2v) is 4.99. The predicted molar refractivity (Wildman–Crippen MR) is 76.9 cm³/mol. The number of aromatic nitrogens is 4. The summed E-state index contributed by atoms with van der Waals surface area (Å²) in [5.41, 5.74) is 0.772. The van der Waals surface area contributed by atoms with Crippen molar-refractivity contribution in [3.63, 3.8) is 0 Å². The molecule has 0 amide bonds. The van der Waals surface area contributed by atoms with Crippen molar-refractivity contribution in [3.8, 4) is 11.5 Å². The summed E-state index contributed by atoms with van der Waals surface area (Å²) in [7, 11) is 1.63. The fourth-order valence-electron chi connectivity index (χ4n) is 2.26. The van der Waals surface area contributed by atoms with Gasteiger partial charge in [0.1, 0.15) is 0 Å². The van der Waals surface area contributed by atoms with Crippen LogP contribution in [0.25, 0.3) is 22.6 Å². The van der Waals surface area contributed by atoms with Gasteiger partial charge in [-0.25, -0.2) is 9.78 Å². The number of benzene rings is 1. The van der Waals surface area contributed by atoms with Crippen LogP contribution in [0.2, 0.25) is 0 Å². The highest BCUT2D eigenvalue weighted by Crippen LogP contribution is 2.23. The number of aryl methyl sites for hydroxylation is 2. The third kappa shape index (κ3) is 2.02. The first-order chi connectivity index (χ1) is 9.88. The largest absolute Gasteiger partial charge is 0.349 e. The molecule has 0 unspecified atom stereocenters. The van der Waals surface area contributed by atoms with Crippen LogP contribution in [0, 0.1) is 6.92 Å². The quantitative estimate of drug-likeness (QED) is 0.530. The van der Waals surface area contributed by atoms with Gasteiger partial charge in [-0.05, 0) is 36.2 Å². The Kier molecular flexibility index (Phi) is 2.87. The molecule has 0 saturated heterocycles. The van der Waals surface area contributed by atoms with Gasteiger partial charge in [-0.3, -0.25) is 14.6 Å². The van der Waals surface area contributed by atoms with Gasteiger partial charge in [0.15, 0.2) is 11.5 Å². The first-order valence-corrected chi connectivity index (χ1v) is 6.37. The molecule has 0 atom stereocenters. The van der Waals surface area contributed by atoms with Gasteiger partial charge in [-0.15, -0.1) is 0 Å². The highest BCUT2D eigenvalue weighted by molar-refractivity contribution is 6.68. The number of fused-ring (bicyclic) bond motifs is 2. The van der Waals surface area contributed by atoms with Gasteiger partial charge in [-0.1, -0.05) is 0 Å². The molecule has 1 aromatic rings. The molecule has 8 heteroatoms. The van der Waals surface area contributed by atoms with Crippen molar-refractivity contribution in [1.82, 2.24) is 19.5 Å². The number of hydrogen-bond donors (Lipinski definition) is 1. The molecule has 0 aliphatic carbocycles. The van der Waals surface area contributed by atoms with Gasteiger partial charge in [0.2, 0.25) is 0 Å². The average molecular weight is 305 g/mol. The number of hydrogen-bond acceptors (Lipinski definition) is 5. The maximum Gasteiger partial charge on any atom is 0.349 e. The Morgan fingerprint density at radius 2 is 2.00 bits per heavy atom. The summed E-state index contributed by atoms with van der Waals surface area (Å²) in [5.74, 6) is 0.146. The number of carbonyl (C=O) groups excluding carboxylic acids is 1. The molecule has 2 aliphatic rings. The van der Waals surface area contributed by atoms with E-state index >= 15 is 0 Å². The fourth-order valence-corrected chi connectivity index (χ4v) is 2.46. The Morgan fingerprint density at radius 1 is 1.29 bits per heavy atom. The van der Waals surface area contributed by atoms with Crippen molar-refractivity contribution in [1.29, 1.82) is 0 Å². The molecule has 106 valence electrons. The Labute approximate surface area is 122 Å². The van der Waals surface area contributed by atoms with E-state index in [4.69, 9.17) is 11.6 Å². The molecule has 0 fully saturated rings. The lowest BCUT2D eigenvalue weighted by atomic mass is 10.1. The normalized spacial score (nSPS) is 11.2. The second-order valence-electron chi connectivity index (χ2n) is 4.64. The van der Waals surface area contributed by atoms with Gasteiger partial charge in [0.05, 0.1) is 11.0 Å². The topological polar surface area (TPSA) is 97.7 Å². The molecule has 0 spiro atoms. The molecule has 0 bridgehead atoms. The SMILES string of the molecule is Cc1cc2nc3c(=O)[nH]c(=O)nc-3n(C)c2cc1C(=O)Cl. The number of H-pyrrole nitrogens is 1. The van der Waals surface area contributed by atoms with E-state index in [1.807, 2.05) is 0 Å². The van der Waals surface area contributed by atoms with Crippen LogP contribution in [0.15, 0.2) is 21.7 Å². The lowest BCUT2D eigenvalue weighted by Gasteiger charge is -2.13. The van der Waals surface area contributed by atoms with Crippen molar-refractivity contribution in [2.45, 2.75) is 6.92 Å². The monoisotopic (exact) mass is 304 g/mol. The van der Waals surface area contributed by atoms with Crippen molar-refractivity contribution >= 4 is 27.9 Å². The zero-order valence-electron chi connectivity index (χ0n) is 11.1. The fraction of sp³-hybridized carbons (Fsp3) is 0.154. The van der Waals surface area contributed by atoms with Crippen molar-refractivity contribution in [2.75, 3.05) is 0 Å². The predicted octanol–water partition coefficient (Wildman–Crippen LogP) is 0.809. The van der Waals surface area contributed by atoms with E-state index in [2.05, 4.69) is 15.0 Å². The average Bonchev–Trinajstić information content (AvgIpc) is 2.39. The Hall–Kier alpha value is -2.54. The number of nitrogens with one attached hydrogen (secondary N) is 1. The summed E-state index contributed by atoms with van der Waals surface area (Å²) in [6.45, 7) is 1.73. The van der Waals surface area contributed by atoms with Crippen molar-refractivity contribution in [2.24, 2.45) is 7.05 Å². The number of carbonyl (C=O) groups is 1. The molecule has 1 N–H and O–H groups in total. The lowest BCUT2D eigenvalue weighted by molar-refractivity contribution is 0.108. The van der Waals surface area contributed by atoms with Gasteiger partial charge in [0, 0.05) is 12.6 Å². The minimum absolute atomic E-state index is 0.0638. The Morgan fingerprint density at radius 3 is 2.67 bits per heavy atom. The molecule has 3 rings (SSSR count). The number of rotatable bonds is 1. The first kappa shape index (κ1) is 13.4. The zero-order chi connectivity index (χ0) is 15.3. The number of aromatic amines is 1. The molecule has 7 nitrogen and oxygen atoms in total. The van der Waals surface area contributed by atoms with Crippen LogP contribution in [-0.2, 0) is 7.05 Å². The molecule has 2 heterocycles. The van der Waals surface area contributed by atoms with E-state index in [0.29, 0.717) is 22.2 Å². The highest BCUT2D eigenvalue weighted by atomic mass is 35.5. The van der Waals surface area contributed by atoms with Crippen LogP contribution in [0.1, 0.15) is 15.9 Å². The maximum absolute atomic E-state index is 11.8. The molecule has 0 radical (unpaired) electrons. The number of halogens is 1. The molecular formula is C13H9ClN4O3. The van der Waals surface area contributed by atoms with Crippen LogP contribution in [-0.4, -0.2) is 24.8 Å². The lowest BCUT2D eigenvalue weighted by Crippen LogP contribution is -2.28. The Bertz CT molecular complexity index is 989. The van der Waals surface area contributed by atoms with Crippen LogP contribution < -0.4 is 11.2 Å². The van der Waals surface area contributed by atoms with E-state index in [9.17, 15) is 14.4 Å². The summed E-state index contributed by atoms with van der Waals surface area (Å²) >= 11 is 5.54. The van der Waals surface area contributed by atoms with E-state index in [-0.39, 0.29) is 11.5 Å². The highest BCUT2D eigenvalue weighted by Gasteiger charge is 2.18. The van der Waals surface area contributed by atoms with E-state index in [1.165, 1.54) is 4.57 Å². The van der Waals surface area contributed by atoms with Crippen molar-refractivity contribution < 1.29 is 4.79 Å². The van der Waals surface area contributed by atoms with Crippen LogP contribution >= 0.6 is 11.6 Å². The second kappa shape index (κ2) is 4.49. The van der Waals surface area contributed by atoms with Gasteiger partial charge in [-0.2, -0.15) is 4.98 Å². The molecule has 0 saturated carbocycles. The minimum atomic E-state index is -0.745. The van der Waals surface area contributed by atoms with E-state index in [0.717, 1.165) is 0 Å². The summed E-state index contributed by atoms with van der Waals surface area (Å²) < 4.78 is 1.54. The summed E-state index contributed by atoms with van der Waals surface area (Å²) in [5, 5.41) is -0.585. The summed E-state index contributed by atoms with van der Waals surface area (Å²) in [6.07, 6.45) is 0. The Balaban J connectivity index is 2.55.